The zero-order valence-corrected chi connectivity index (χ0v) is 11.0. The Hall–Kier alpha value is -0.500. The third kappa shape index (κ3) is 3.48. The van der Waals surface area contributed by atoms with Crippen molar-refractivity contribution < 1.29 is 9.53 Å². The second-order valence-electron chi connectivity index (χ2n) is 5.08. The third-order valence-corrected chi connectivity index (χ3v) is 4.12. The second-order valence-corrected chi connectivity index (χ2v) is 5.34. The number of carbonyl (C=O) groups excluding carboxylic acids is 1. The molecule has 2 aliphatic carbocycles. The van der Waals surface area contributed by atoms with Gasteiger partial charge in [0, 0.05) is 5.92 Å². The number of allylic oxidation sites excluding steroid dienone is 1. The lowest BCUT2D eigenvalue weighted by atomic mass is 9.78. The number of carbonyl (C=O) groups is 1. The molecule has 2 unspecified atom stereocenters. The standard InChI is InChI=1S/C14H21ClO2/c15-10-14(16)17-13-9-5-4-8-12(13)11-6-2-1-3-7-11/h6,12-13H,1-5,7-10H2. The van der Waals surface area contributed by atoms with Gasteiger partial charge in [-0.25, -0.2) is 0 Å². The van der Waals surface area contributed by atoms with Crippen molar-refractivity contribution in [2.45, 2.75) is 57.5 Å². The lowest BCUT2D eigenvalue weighted by Gasteiger charge is -2.34. The van der Waals surface area contributed by atoms with Gasteiger partial charge in [-0.05, 0) is 44.9 Å². The summed E-state index contributed by atoms with van der Waals surface area (Å²) in [4.78, 5) is 11.3. The van der Waals surface area contributed by atoms with Crippen molar-refractivity contribution in [3.8, 4) is 0 Å². The minimum atomic E-state index is -0.264. The fourth-order valence-electron chi connectivity index (χ4n) is 3.06. The van der Waals surface area contributed by atoms with Gasteiger partial charge in [-0.3, -0.25) is 4.79 Å². The average molecular weight is 257 g/mol. The van der Waals surface area contributed by atoms with Crippen molar-refractivity contribution in [1.29, 1.82) is 0 Å². The highest BCUT2D eigenvalue weighted by Crippen LogP contribution is 2.36. The van der Waals surface area contributed by atoms with Crippen LogP contribution in [0.2, 0.25) is 0 Å². The largest absolute Gasteiger partial charge is 0.461 e. The Morgan fingerprint density at radius 2 is 2.12 bits per heavy atom. The molecule has 0 amide bonds. The molecule has 0 aliphatic heterocycles. The lowest BCUT2D eigenvalue weighted by molar-refractivity contribution is -0.149. The maximum absolute atomic E-state index is 11.3. The molecule has 3 heteroatoms. The highest BCUT2D eigenvalue weighted by molar-refractivity contribution is 6.26. The van der Waals surface area contributed by atoms with E-state index < -0.39 is 0 Å². The minimum absolute atomic E-state index is 0.0255. The van der Waals surface area contributed by atoms with Crippen molar-refractivity contribution in [2.24, 2.45) is 5.92 Å². The van der Waals surface area contributed by atoms with Crippen LogP contribution in [0.5, 0.6) is 0 Å². The summed E-state index contributed by atoms with van der Waals surface area (Å²) < 4.78 is 5.49. The van der Waals surface area contributed by atoms with Crippen molar-refractivity contribution in [1.82, 2.24) is 0 Å². The van der Waals surface area contributed by atoms with Gasteiger partial charge in [0.1, 0.15) is 12.0 Å². The zero-order valence-electron chi connectivity index (χ0n) is 10.3. The molecule has 96 valence electrons. The molecule has 0 saturated heterocycles. The van der Waals surface area contributed by atoms with Crippen LogP contribution in [0, 0.1) is 5.92 Å². The molecule has 1 saturated carbocycles. The SMILES string of the molecule is O=C(CCl)OC1CCCCC1C1=CCCCC1. The molecule has 0 bridgehead atoms. The Balaban J connectivity index is 2.00. The van der Waals surface area contributed by atoms with Crippen LogP contribution >= 0.6 is 11.6 Å². The molecule has 2 rings (SSSR count). The normalized spacial score (nSPS) is 29.6. The van der Waals surface area contributed by atoms with Crippen LogP contribution in [0.4, 0.5) is 0 Å². The van der Waals surface area contributed by atoms with E-state index in [4.69, 9.17) is 16.3 Å². The van der Waals surface area contributed by atoms with E-state index in [1.54, 1.807) is 0 Å². The van der Waals surface area contributed by atoms with E-state index in [-0.39, 0.29) is 18.0 Å². The van der Waals surface area contributed by atoms with E-state index in [1.165, 1.54) is 50.5 Å². The van der Waals surface area contributed by atoms with E-state index in [0.717, 1.165) is 6.42 Å². The number of hydrogen-bond donors (Lipinski definition) is 0. The zero-order chi connectivity index (χ0) is 12.1. The Morgan fingerprint density at radius 3 is 2.82 bits per heavy atom. The summed E-state index contributed by atoms with van der Waals surface area (Å²) in [5.74, 6) is 0.179. The number of halogens is 1. The lowest BCUT2D eigenvalue weighted by Crippen LogP contribution is -2.32. The molecule has 0 aromatic rings. The molecule has 2 atom stereocenters. The fourth-order valence-corrected chi connectivity index (χ4v) is 3.13. The minimum Gasteiger partial charge on any atom is -0.461 e. The number of rotatable bonds is 3. The van der Waals surface area contributed by atoms with Crippen molar-refractivity contribution in [3.05, 3.63) is 11.6 Å². The fraction of sp³-hybridized carbons (Fsp3) is 0.786. The van der Waals surface area contributed by atoms with Gasteiger partial charge in [0.15, 0.2) is 0 Å². The maximum atomic E-state index is 11.3. The maximum Gasteiger partial charge on any atom is 0.321 e. The summed E-state index contributed by atoms with van der Waals surface area (Å²) in [6, 6.07) is 0. The predicted molar refractivity (Wildman–Crippen MR) is 69.1 cm³/mol. The summed E-state index contributed by atoms with van der Waals surface area (Å²) in [5, 5.41) is 0. The third-order valence-electron chi connectivity index (χ3n) is 3.90. The van der Waals surface area contributed by atoms with Crippen LogP contribution in [-0.4, -0.2) is 18.0 Å². The van der Waals surface area contributed by atoms with E-state index in [0.29, 0.717) is 5.92 Å². The van der Waals surface area contributed by atoms with Gasteiger partial charge in [-0.15, -0.1) is 11.6 Å². The molecule has 0 aromatic carbocycles. The summed E-state index contributed by atoms with van der Waals surface area (Å²) >= 11 is 5.52. The van der Waals surface area contributed by atoms with Crippen LogP contribution in [-0.2, 0) is 9.53 Å². The van der Waals surface area contributed by atoms with Gasteiger partial charge >= 0.3 is 5.97 Å². The number of esters is 1. The molecule has 0 heterocycles. The van der Waals surface area contributed by atoms with Crippen LogP contribution < -0.4 is 0 Å². The number of alkyl halides is 1. The van der Waals surface area contributed by atoms with E-state index >= 15 is 0 Å². The predicted octanol–water partition coefficient (Wildman–Crippen LogP) is 3.83. The molecule has 0 radical (unpaired) electrons. The van der Waals surface area contributed by atoms with Gasteiger partial charge < -0.3 is 4.74 Å². The van der Waals surface area contributed by atoms with Gasteiger partial charge in [0.2, 0.25) is 0 Å². The van der Waals surface area contributed by atoms with Crippen molar-refractivity contribution in [2.75, 3.05) is 5.88 Å². The number of hydrogen-bond acceptors (Lipinski definition) is 2. The van der Waals surface area contributed by atoms with E-state index in [2.05, 4.69) is 6.08 Å². The van der Waals surface area contributed by atoms with Crippen LogP contribution in [0.3, 0.4) is 0 Å². The quantitative estimate of drug-likeness (QED) is 0.436. The molecule has 0 spiro atoms. The van der Waals surface area contributed by atoms with Gasteiger partial charge in [0.05, 0.1) is 0 Å². The molecule has 1 fully saturated rings. The summed E-state index contributed by atoms with van der Waals surface area (Å²) in [6.07, 6.45) is 12.1. The smallest absolute Gasteiger partial charge is 0.321 e. The Bertz CT molecular complexity index is 299. The first-order valence-corrected chi connectivity index (χ1v) is 7.29. The molecule has 0 aromatic heterocycles. The van der Waals surface area contributed by atoms with Gasteiger partial charge in [0.25, 0.3) is 0 Å². The molecular formula is C14H21ClO2. The Kier molecular flexibility index (Phi) is 4.90. The monoisotopic (exact) mass is 256 g/mol. The molecular weight excluding hydrogens is 236 g/mol. The first-order valence-electron chi connectivity index (χ1n) is 6.75. The first-order chi connectivity index (χ1) is 8.31. The van der Waals surface area contributed by atoms with E-state index in [9.17, 15) is 4.79 Å². The van der Waals surface area contributed by atoms with Crippen molar-refractivity contribution >= 4 is 17.6 Å². The van der Waals surface area contributed by atoms with Crippen LogP contribution in [0.25, 0.3) is 0 Å². The first kappa shape index (κ1) is 12.9. The second kappa shape index (κ2) is 6.44. The van der Waals surface area contributed by atoms with Crippen LogP contribution in [0.15, 0.2) is 11.6 Å². The average Bonchev–Trinajstić information content (AvgIpc) is 2.40. The van der Waals surface area contributed by atoms with Crippen molar-refractivity contribution in [3.63, 3.8) is 0 Å². The highest BCUT2D eigenvalue weighted by Gasteiger charge is 2.30. The van der Waals surface area contributed by atoms with E-state index in [1.807, 2.05) is 0 Å². The molecule has 2 nitrogen and oxygen atoms in total. The summed E-state index contributed by atoms with van der Waals surface area (Å²) in [7, 11) is 0. The molecule has 0 N–H and O–H groups in total. The highest BCUT2D eigenvalue weighted by atomic mass is 35.5. The topological polar surface area (TPSA) is 26.3 Å². The van der Waals surface area contributed by atoms with Gasteiger partial charge in [-0.2, -0.15) is 0 Å². The Labute approximate surface area is 108 Å². The molecule has 2 aliphatic rings. The molecule has 17 heavy (non-hydrogen) atoms. The summed E-state index contributed by atoms with van der Waals surface area (Å²) in [5.41, 5.74) is 1.53. The van der Waals surface area contributed by atoms with Gasteiger partial charge in [-0.1, -0.05) is 18.1 Å². The summed E-state index contributed by atoms with van der Waals surface area (Å²) in [6.45, 7) is 0. The number of ether oxygens (including phenoxy) is 1. The van der Waals surface area contributed by atoms with Crippen LogP contribution in [0.1, 0.15) is 51.4 Å². The Morgan fingerprint density at radius 1 is 1.29 bits per heavy atom.